The number of benzene rings is 1. The zero-order valence-electron chi connectivity index (χ0n) is 16.7. The Morgan fingerprint density at radius 3 is 2.15 bits per heavy atom. The first-order valence-electron chi connectivity index (χ1n) is 8.67. The third-order valence-corrected chi connectivity index (χ3v) is 4.02. The van der Waals surface area contributed by atoms with Crippen LogP contribution in [0.5, 0.6) is 0 Å². The lowest BCUT2D eigenvalue weighted by atomic mass is 9.99. The topological polar surface area (TPSA) is 64.6 Å². The van der Waals surface area contributed by atoms with Crippen LogP contribution in [0.1, 0.15) is 58.2 Å². The lowest BCUT2D eigenvalue weighted by Crippen LogP contribution is -2.47. The van der Waals surface area contributed by atoms with Gasteiger partial charge in [0, 0.05) is 11.8 Å². The number of esters is 1. The summed E-state index contributed by atoms with van der Waals surface area (Å²) in [6, 6.07) is 5.23. The van der Waals surface area contributed by atoms with E-state index in [0.29, 0.717) is 6.42 Å². The van der Waals surface area contributed by atoms with Gasteiger partial charge in [-0.25, -0.2) is 9.59 Å². The number of aryl methyl sites for hydroxylation is 1. The molecule has 146 valence electrons. The molecular formula is C20H30BrNO4. The van der Waals surface area contributed by atoms with E-state index in [4.69, 9.17) is 9.47 Å². The van der Waals surface area contributed by atoms with Crippen molar-refractivity contribution in [3.05, 3.63) is 34.9 Å². The van der Waals surface area contributed by atoms with Crippen LogP contribution in [0.4, 0.5) is 4.79 Å². The number of carbonyl (C=O) groups excluding carboxylic acids is 2. The van der Waals surface area contributed by atoms with E-state index in [1.807, 2.05) is 25.1 Å². The first kappa shape index (κ1) is 22.5. The molecule has 1 N–H and O–H groups in total. The molecule has 0 aliphatic carbocycles. The summed E-state index contributed by atoms with van der Waals surface area (Å²) in [5.74, 6) is -0.480. The van der Waals surface area contributed by atoms with Crippen molar-refractivity contribution in [2.45, 2.75) is 77.5 Å². The van der Waals surface area contributed by atoms with Gasteiger partial charge in [0.05, 0.1) is 0 Å². The number of hydrogen-bond acceptors (Lipinski definition) is 4. The number of alkyl carbamates (subject to hydrolysis) is 1. The Labute approximate surface area is 165 Å². The maximum absolute atomic E-state index is 12.6. The maximum Gasteiger partial charge on any atom is 0.408 e. The number of nitrogens with one attached hydrogen (secondary N) is 1. The molecule has 1 atom stereocenters. The Kier molecular flexibility index (Phi) is 7.69. The second-order valence-electron chi connectivity index (χ2n) is 8.33. The zero-order chi connectivity index (χ0) is 20.1. The normalized spacial score (nSPS) is 13.1. The Morgan fingerprint density at radius 1 is 1.08 bits per heavy atom. The van der Waals surface area contributed by atoms with Crippen molar-refractivity contribution in [2.75, 3.05) is 0 Å². The van der Waals surface area contributed by atoms with Crippen molar-refractivity contribution >= 4 is 28.0 Å². The summed E-state index contributed by atoms with van der Waals surface area (Å²) >= 11 is 3.44. The summed E-state index contributed by atoms with van der Waals surface area (Å²) in [4.78, 5) is 24.8. The van der Waals surface area contributed by atoms with E-state index in [1.54, 1.807) is 41.5 Å². The van der Waals surface area contributed by atoms with Crippen molar-refractivity contribution in [3.63, 3.8) is 0 Å². The number of ether oxygens (including phenoxy) is 2. The third kappa shape index (κ3) is 8.21. The molecule has 0 bridgehead atoms. The van der Waals surface area contributed by atoms with Gasteiger partial charge in [0.2, 0.25) is 0 Å². The van der Waals surface area contributed by atoms with Crippen LogP contribution in [-0.2, 0) is 26.0 Å². The molecule has 26 heavy (non-hydrogen) atoms. The molecule has 6 heteroatoms. The molecular weight excluding hydrogens is 398 g/mol. The summed E-state index contributed by atoms with van der Waals surface area (Å²) in [6.07, 6.45) is -0.302. The SMILES string of the molecule is Cc1ccc(CBr)cc1C[C@H](NC(=O)OC(C)(C)C)C(=O)OC(C)(C)C. The highest BCUT2D eigenvalue weighted by molar-refractivity contribution is 9.08. The summed E-state index contributed by atoms with van der Waals surface area (Å²) in [7, 11) is 0. The minimum Gasteiger partial charge on any atom is -0.458 e. The number of hydrogen-bond donors (Lipinski definition) is 1. The van der Waals surface area contributed by atoms with Crippen molar-refractivity contribution in [1.82, 2.24) is 5.32 Å². The molecule has 0 saturated heterocycles. The average molecular weight is 428 g/mol. The molecule has 0 aliphatic rings. The van der Waals surface area contributed by atoms with E-state index in [-0.39, 0.29) is 0 Å². The summed E-state index contributed by atoms with van der Waals surface area (Å²) < 4.78 is 10.8. The van der Waals surface area contributed by atoms with Gasteiger partial charge in [0.15, 0.2) is 0 Å². The fourth-order valence-corrected chi connectivity index (χ4v) is 2.61. The van der Waals surface area contributed by atoms with Crippen LogP contribution >= 0.6 is 15.9 Å². The molecule has 0 unspecified atom stereocenters. The molecule has 0 heterocycles. The van der Waals surface area contributed by atoms with Crippen LogP contribution in [0, 0.1) is 6.92 Å². The second-order valence-corrected chi connectivity index (χ2v) is 8.89. The summed E-state index contributed by atoms with van der Waals surface area (Å²) in [6.45, 7) is 12.7. The molecule has 0 spiro atoms. The zero-order valence-corrected chi connectivity index (χ0v) is 18.3. The van der Waals surface area contributed by atoms with Crippen LogP contribution in [0.2, 0.25) is 0 Å². The number of halogens is 1. The average Bonchev–Trinajstić information content (AvgIpc) is 2.44. The molecule has 0 aromatic heterocycles. The fourth-order valence-electron chi connectivity index (χ4n) is 2.26. The van der Waals surface area contributed by atoms with Gasteiger partial charge in [-0.1, -0.05) is 34.1 Å². The van der Waals surface area contributed by atoms with Gasteiger partial charge in [0.1, 0.15) is 17.2 Å². The van der Waals surface area contributed by atoms with Gasteiger partial charge in [-0.05, 0) is 65.2 Å². The van der Waals surface area contributed by atoms with E-state index in [0.717, 1.165) is 22.0 Å². The van der Waals surface area contributed by atoms with Gasteiger partial charge >= 0.3 is 12.1 Å². The molecule has 0 radical (unpaired) electrons. The Bertz CT molecular complexity index is 644. The Balaban J connectivity index is 3.04. The molecule has 5 nitrogen and oxygen atoms in total. The maximum atomic E-state index is 12.6. The number of alkyl halides is 1. The first-order valence-corrected chi connectivity index (χ1v) is 9.79. The molecule has 1 aromatic carbocycles. The molecule has 1 aromatic rings. The van der Waals surface area contributed by atoms with Crippen molar-refractivity contribution in [1.29, 1.82) is 0 Å². The van der Waals surface area contributed by atoms with Gasteiger partial charge in [-0.3, -0.25) is 0 Å². The molecule has 0 aliphatic heterocycles. The lowest BCUT2D eigenvalue weighted by Gasteiger charge is -2.26. The minimum atomic E-state index is -0.826. The van der Waals surface area contributed by atoms with Crippen molar-refractivity contribution in [3.8, 4) is 0 Å². The lowest BCUT2D eigenvalue weighted by molar-refractivity contribution is -0.157. The van der Waals surface area contributed by atoms with Crippen LogP contribution < -0.4 is 5.32 Å². The van der Waals surface area contributed by atoms with E-state index in [2.05, 4.69) is 21.2 Å². The highest BCUT2D eigenvalue weighted by atomic mass is 79.9. The third-order valence-electron chi connectivity index (χ3n) is 3.37. The largest absolute Gasteiger partial charge is 0.458 e. The summed E-state index contributed by atoms with van der Waals surface area (Å²) in [5, 5.41) is 3.38. The predicted octanol–water partition coefficient (Wildman–Crippen LogP) is 4.67. The van der Waals surface area contributed by atoms with Crippen LogP contribution in [0.3, 0.4) is 0 Å². The second kappa shape index (κ2) is 8.89. The quantitative estimate of drug-likeness (QED) is 0.547. The smallest absolute Gasteiger partial charge is 0.408 e. The van der Waals surface area contributed by atoms with Crippen LogP contribution in [0.15, 0.2) is 18.2 Å². The van der Waals surface area contributed by atoms with Crippen LogP contribution in [-0.4, -0.2) is 29.3 Å². The predicted molar refractivity (Wildman–Crippen MR) is 107 cm³/mol. The number of carbonyl (C=O) groups is 2. The Morgan fingerprint density at radius 2 is 1.65 bits per heavy atom. The number of rotatable bonds is 5. The van der Waals surface area contributed by atoms with Crippen LogP contribution in [0.25, 0.3) is 0 Å². The molecule has 0 saturated carbocycles. The fraction of sp³-hybridized carbons (Fsp3) is 0.600. The van der Waals surface area contributed by atoms with E-state index in [1.165, 1.54) is 0 Å². The summed E-state index contributed by atoms with van der Waals surface area (Å²) in [5.41, 5.74) is 1.85. The van der Waals surface area contributed by atoms with E-state index < -0.39 is 29.3 Å². The molecule has 1 amide bonds. The highest BCUT2D eigenvalue weighted by Gasteiger charge is 2.29. The Hall–Kier alpha value is -1.56. The highest BCUT2D eigenvalue weighted by Crippen LogP contribution is 2.18. The van der Waals surface area contributed by atoms with Gasteiger partial charge in [0.25, 0.3) is 0 Å². The van der Waals surface area contributed by atoms with E-state index in [9.17, 15) is 9.59 Å². The van der Waals surface area contributed by atoms with Gasteiger partial charge < -0.3 is 14.8 Å². The molecule has 1 rings (SSSR count). The monoisotopic (exact) mass is 427 g/mol. The van der Waals surface area contributed by atoms with Crippen molar-refractivity contribution in [2.24, 2.45) is 0 Å². The first-order chi connectivity index (χ1) is 11.8. The molecule has 0 fully saturated rings. The minimum absolute atomic E-state index is 0.334. The standard InChI is InChI=1S/C20H30BrNO4/c1-13-8-9-14(12-21)10-15(13)11-16(17(23)25-19(2,3)4)22-18(24)26-20(5,6)7/h8-10,16H,11-12H2,1-7H3,(H,22,24)/t16-/m0/s1. The van der Waals surface area contributed by atoms with Gasteiger partial charge in [-0.2, -0.15) is 0 Å². The number of amides is 1. The van der Waals surface area contributed by atoms with Crippen molar-refractivity contribution < 1.29 is 19.1 Å². The van der Waals surface area contributed by atoms with Gasteiger partial charge in [-0.15, -0.1) is 0 Å². The van der Waals surface area contributed by atoms with E-state index >= 15 is 0 Å².